The standard InChI is InChI=1S/C16H19N3O2/c1-4-19-15(20)14(17-16(19)21)7-5-6-12-8-10-13(11-9-12)18(2)3/h5-11H,4H2,1-3H3,(H,17,21)/b6-5+,14-7+. The number of amides is 3. The van der Waals surface area contributed by atoms with Gasteiger partial charge in [-0.05, 0) is 30.7 Å². The van der Waals surface area contributed by atoms with Gasteiger partial charge in [-0.1, -0.05) is 24.3 Å². The molecule has 1 fully saturated rings. The van der Waals surface area contributed by atoms with Crippen molar-refractivity contribution in [3.63, 3.8) is 0 Å². The SMILES string of the molecule is CCN1C(=O)N/C(=C/C=C/c2ccc(N(C)C)cc2)C1=O. The van der Waals surface area contributed by atoms with Gasteiger partial charge < -0.3 is 10.2 Å². The summed E-state index contributed by atoms with van der Waals surface area (Å²) in [4.78, 5) is 26.5. The summed E-state index contributed by atoms with van der Waals surface area (Å²) in [6.07, 6.45) is 5.27. The number of benzene rings is 1. The smallest absolute Gasteiger partial charge is 0.328 e. The largest absolute Gasteiger partial charge is 0.378 e. The molecule has 1 aliphatic heterocycles. The van der Waals surface area contributed by atoms with E-state index in [1.54, 1.807) is 19.1 Å². The normalized spacial score (nSPS) is 16.9. The van der Waals surface area contributed by atoms with Crippen LogP contribution in [0.15, 0.2) is 42.1 Å². The van der Waals surface area contributed by atoms with Gasteiger partial charge in [0.1, 0.15) is 5.70 Å². The molecule has 21 heavy (non-hydrogen) atoms. The highest BCUT2D eigenvalue weighted by Gasteiger charge is 2.31. The number of rotatable bonds is 4. The Kier molecular flexibility index (Phi) is 4.42. The zero-order valence-electron chi connectivity index (χ0n) is 12.5. The Hall–Kier alpha value is -2.56. The van der Waals surface area contributed by atoms with Crippen molar-refractivity contribution in [3.05, 3.63) is 47.7 Å². The van der Waals surface area contributed by atoms with E-state index < -0.39 is 0 Å². The summed E-state index contributed by atoms with van der Waals surface area (Å²) in [7, 11) is 3.98. The van der Waals surface area contributed by atoms with Gasteiger partial charge in [-0.2, -0.15) is 0 Å². The lowest BCUT2D eigenvalue weighted by atomic mass is 10.2. The van der Waals surface area contributed by atoms with Crippen LogP contribution < -0.4 is 10.2 Å². The summed E-state index contributed by atoms with van der Waals surface area (Å²) in [6, 6.07) is 7.68. The molecule has 110 valence electrons. The number of likely N-dealkylation sites (N-methyl/N-ethyl adjacent to an activating group) is 1. The van der Waals surface area contributed by atoms with Gasteiger partial charge in [0.25, 0.3) is 5.91 Å². The fourth-order valence-corrected chi connectivity index (χ4v) is 2.01. The summed E-state index contributed by atoms with van der Waals surface area (Å²) in [5.41, 5.74) is 2.46. The fourth-order valence-electron chi connectivity index (χ4n) is 2.01. The number of carbonyl (C=O) groups excluding carboxylic acids is 2. The average Bonchev–Trinajstić information content (AvgIpc) is 2.73. The molecular weight excluding hydrogens is 266 g/mol. The van der Waals surface area contributed by atoms with Crippen molar-refractivity contribution in [2.24, 2.45) is 0 Å². The van der Waals surface area contributed by atoms with Gasteiger partial charge in [0.05, 0.1) is 0 Å². The Balaban J connectivity index is 2.07. The molecule has 1 aromatic rings. The lowest BCUT2D eigenvalue weighted by Crippen LogP contribution is -2.30. The summed E-state index contributed by atoms with van der Waals surface area (Å²) in [5.74, 6) is -0.282. The van der Waals surface area contributed by atoms with Gasteiger partial charge in [0.15, 0.2) is 0 Å². The molecule has 1 aromatic carbocycles. The summed E-state index contributed by atoms with van der Waals surface area (Å²) >= 11 is 0. The molecule has 3 amide bonds. The van der Waals surface area contributed by atoms with Crippen LogP contribution in [-0.2, 0) is 4.79 Å². The molecule has 5 heteroatoms. The molecule has 1 aliphatic rings. The van der Waals surface area contributed by atoms with Crippen molar-refractivity contribution in [1.82, 2.24) is 10.2 Å². The summed E-state index contributed by atoms with van der Waals surface area (Å²) < 4.78 is 0. The number of imide groups is 1. The van der Waals surface area contributed by atoms with Crippen LogP contribution in [0.1, 0.15) is 12.5 Å². The molecule has 0 atom stereocenters. The molecule has 0 bridgehead atoms. The van der Waals surface area contributed by atoms with Crippen LogP contribution in [0.2, 0.25) is 0 Å². The van der Waals surface area contributed by atoms with Crippen LogP contribution in [0, 0.1) is 0 Å². The number of hydrogen-bond acceptors (Lipinski definition) is 3. The molecule has 0 spiro atoms. The summed E-state index contributed by atoms with van der Waals surface area (Å²) in [6.45, 7) is 2.14. The van der Waals surface area contributed by atoms with E-state index in [0.29, 0.717) is 12.2 Å². The molecule has 1 heterocycles. The molecule has 0 saturated carbocycles. The lowest BCUT2D eigenvalue weighted by molar-refractivity contribution is -0.122. The van der Waals surface area contributed by atoms with Gasteiger partial charge in [-0.15, -0.1) is 0 Å². The van der Waals surface area contributed by atoms with Crippen LogP contribution in [-0.4, -0.2) is 37.5 Å². The Morgan fingerprint density at radius 1 is 1.19 bits per heavy atom. The number of carbonyl (C=O) groups is 2. The van der Waals surface area contributed by atoms with Crippen molar-refractivity contribution in [3.8, 4) is 0 Å². The van der Waals surface area contributed by atoms with Crippen molar-refractivity contribution >= 4 is 23.7 Å². The van der Waals surface area contributed by atoms with Crippen LogP contribution in [0.3, 0.4) is 0 Å². The van der Waals surface area contributed by atoms with Gasteiger partial charge in [0.2, 0.25) is 0 Å². The molecule has 0 radical (unpaired) electrons. The second kappa shape index (κ2) is 6.26. The van der Waals surface area contributed by atoms with Gasteiger partial charge in [-0.25, -0.2) is 4.79 Å². The fraction of sp³-hybridized carbons (Fsp3) is 0.250. The van der Waals surface area contributed by atoms with E-state index >= 15 is 0 Å². The number of urea groups is 1. The van der Waals surface area contributed by atoms with E-state index in [1.807, 2.05) is 49.3 Å². The molecule has 1 saturated heterocycles. The third-order valence-electron chi connectivity index (χ3n) is 3.24. The highest BCUT2D eigenvalue weighted by molar-refractivity contribution is 6.11. The Labute approximate surface area is 124 Å². The van der Waals surface area contributed by atoms with E-state index in [1.165, 1.54) is 4.90 Å². The van der Waals surface area contributed by atoms with Crippen LogP contribution in [0.5, 0.6) is 0 Å². The Morgan fingerprint density at radius 2 is 1.86 bits per heavy atom. The average molecular weight is 285 g/mol. The molecule has 0 aliphatic carbocycles. The maximum atomic E-state index is 11.8. The number of anilines is 1. The van der Waals surface area contributed by atoms with Gasteiger partial charge >= 0.3 is 6.03 Å². The quantitative estimate of drug-likeness (QED) is 0.681. The molecule has 1 N–H and O–H groups in total. The van der Waals surface area contributed by atoms with Crippen LogP contribution in [0.4, 0.5) is 10.5 Å². The highest BCUT2D eigenvalue weighted by atomic mass is 16.2. The molecule has 5 nitrogen and oxygen atoms in total. The predicted octanol–water partition coefficient (Wildman–Crippen LogP) is 2.22. The second-order valence-electron chi connectivity index (χ2n) is 4.90. The zero-order chi connectivity index (χ0) is 15.4. The number of hydrogen-bond donors (Lipinski definition) is 1. The van der Waals surface area contributed by atoms with Gasteiger partial charge in [0, 0.05) is 26.3 Å². The van der Waals surface area contributed by atoms with Crippen molar-refractivity contribution in [2.45, 2.75) is 6.92 Å². The topological polar surface area (TPSA) is 52.7 Å². The second-order valence-corrected chi connectivity index (χ2v) is 4.90. The van der Waals surface area contributed by atoms with Crippen molar-refractivity contribution in [1.29, 1.82) is 0 Å². The molecular formula is C16H19N3O2. The molecule has 2 rings (SSSR count). The number of nitrogens with zero attached hydrogens (tertiary/aromatic N) is 2. The Bertz CT molecular complexity index is 600. The van der Waals surface area contributed by atoms with Crippen molar-refractivity contribution in [2.75, 3.05) is 25.5 Å². The third-order valence-corrected chi connectivity index (χ3v) is 3.24. The first-order valence-corrected chi connectivity index (χ1v) is 6.81. The monoisotopic (exact) mass is 285 g/mol. The Morgan fingerprint density at radius 3 is 2.38 bits per heavy atom. The van der Waals surface area contributed by atoms with E-state index in [2.05, 4.69) is 5.32 Å². The molecule has 0 unspecified atom stereocenters. The summed E-state index contributed by atoms with van der Waals surface area (Å²) in [5, 5.41) is 2.56. The van der Waals surface area contributed by atoms with Crippen LogP contribution >= 0.6 is 0 Å². The van der Waals surface area contributed by atoms with E-state index in [0.717, 1.165) is 11.3 Å². The first-order chi connectivity index (χ1) is 10.0. The number of nitrogens with one attached hydrogen (secondary N) is 1. The van der Waals surface area contributed by atoms with Crippen LogP contribution in [0.25, 0.3) is 6.08 Å². The predicted molar refractivity (Wildman–Crippen MR) is 83.8 cm³/mol. The van der Waals surface area contributed by atoms with E-state index in [4.69, 9.17) is 0 Å². The maximum Gasteiger partial charge on any atom is 0.328 e. The third kappa shape index (κ3) is 3.31. The molecule has 0 aromatic heterocycles. The first-order valence-electron chi connectivity index (χ1n) is 6.81. The number of allylic oxidation sites excluding steroid dienone is 2. The maximum absolute atomic E-state index is 11.8. The first kappa shape index (κ1) is 14.8. The van der Waals surface area contributed by atoms with E-state index in [9.17, 15) is 9.59 Å². The lowest BCUT2D eigenvalue weighted by Gasteiger charge is -2.11. The van der Waals surface area contributed by atoms with E-state index in [-0.39, 0.29) is 11.9 Å². The highest BCUT2D eigenvalue weighted by Crippen LogP contribution is 2.14. The minimum absolute atomic E-state index is 0.282. The zero-order valence-corrected chi connectivity index (χ0v) is 12.5. The van der Waals surface area contributed by atoms with Crippen molar-refractivity contribution < 1.29 is 9.59 Å². The minimum Gasteiger partial charge on any atom is -0.378 e. The minimum atomic E-state index is -0.363. The van der Waals surface area contributed by atoms with Gasteiger partial charge in [-0.3, -0.25) is 9.69 Å².